The van der Waals surface area contributed by atoms with E-state index in [1.807, 2.05) is 0 Å². The zero-order chi connectivity index (χ0) is 14.5. The monoisotopic (exact) mass is 273 g/mol. The van der Waals surface area contributed by atoms with Gasteiger partial charge in [-0.3, -0.25) is 9.69 Å². The Morgan fingerprint density at radius 1 is 1.45 bits per heavy atom. The third-order valence-corrected chi connectivity index (χ3v) is 5.04. The van der Waals surface area contributed by atoms with Crippen LogP contribution in [0.25, 0.3) is 0 Å². The number of fused-ring (bicyclic) bond motifs is 3. The van der Waals surface area contributed by atoms with Crippen LogP contribution >= 0.6 is 0 Å². The summed E-state index contributed by atoms with van der Waals surface area (Å²) in [6.07, 6.45) is 2.08. The summed E-state index contributed by atoms with van der Waals surface area (Å²) in [5.41, 5.74) is 3.99. The van der Waals surface area contributed by atoms with Crippen LogP contribution in [0, 0.1) is 0 Å². The Morgan fingerprint density at radius 2 is 2.20 bits per heavy atom. The van der Waals surface area contributed by atoms with E-state index in [0.29, 0.717) is 12.6 Å². The number of nitrogens with zero attached hydrogens (tertiary/aromatic N) is 2. The molecule has 108 valence electrons. The van der Waals surface area contributed by atoms with Crippen LogP contribution in [0.5, 0.6) is 0 Å². The van der Waals surface area contributed by atoms with Gasteiger partial charge in [0.15, 0.2) is 0 Å². The lowest BCUT2D eigenvalue weighted by Crippen LogP contribution is -2.45. The number of anilines is 1. The molecule has 2 unspecified atom stereocenters. The zero-order valence-corrected chi connectivity index (χ0v) is 12.7. The fraction of sp³-hybridized carbons (Fsp3) is 0.562. The van der Waals surface area contributed by atoms with Crippen molar-refractivity contribution in [2.75, 3.05) is 32.6 Å². The van der Waals surface area contributed by atoms with E-state index < -0.39 is 0 Å². The second-order valence-corrected chi connectivity index (χ2v) is 6.33. The Bertz CT molecular complexity index is 557. The number of likely N-dealkylation sites (tertiary alicyclic amines) is 1. The van der Waals surface area contributed by atoms with E-state index in [1.165, 1.54) is 17.7 Å². The summed E-state index contributed by atoms with van der Waals surface area (Å²) < 4.78 is 0. The van der Waals surface area contributed by atoms with Gasteiger partial charge in [0.25, 0.3) is 0 Å². The number of carbonyl (C=O) groups is 1. The molecule has 0 aromatic heterocycles. The van der Waals surface area contributed by atoms with Crippen molar-refractivity contribution >= 4 is 11.6 Å². The molecule has 3 rings (SSSR count). The average molecular weight is 273 g/mol. The van der Waals surface area contributed by atoms with Crippen molar-refractivity contribution in [3.63, 3.8) is 0 Å². The third kappa shape index (κ3) is 1.74. The van der Waals surface area contributed by atoms with E-state index in [9.17, 15) is 4.79 Å². The highest BCUT2D eigenvalue weighted by atomic mass is 16.1. The highest BCUT2D eigenvalue weighted by molar-refractivity contribution is 5.79. The molecule has 2 aliphatic heterocycles. The van der Waals surface area contributed by atoms with E-state index in [-0.39, 0.29) is 11.3 Å². The Labute approximate surface area is 120 Å². The van der Waals surface area contributed by atoms with Crippen LogP contribution in [0.3, 0.4) is 0 Å². The van der Waals surface area contributed by atoms with E-state index >= 15 is 0 Å². The van der Waals surface area contributed by atoms with E-state index in [1.54, 1.807) is 7.05 Å². The number of benzene rings is 1. The van der Waals surface area contributed by atoms with Crippen molar-refractivity contribution in [2.24, 2.45) is 0 Å². The van der Waals surface area contributed by atoms with Gasteiger partial charge < -0.3 is 10.2 Å². The SMILES string of the molecule is CNC(=O)Cc1ccc2c(c1)C1(C)CCN(C)C1N2C. The predicted octanol–water partition coefficient (Wildman–Crippen LogP) is 1.34. The smallest absolute Gasteiger partial charge is 0.224 e. The normalized spacial score (nSPS) is 28.4. The molecule has 1 amide bonds. The van der Waals surface area contributed by atoms with E-state index in [2.05, 4.69) is 54.3 Å². The Morgan fingerprint density at radius 3 is 2.90 bits per heavy atom. The van der Waals surface area contributed by atoms with Gasteiger partial charge in [0.2, 0.25) is 5.91 Å². The van der Waals surface area contributed by atoms with Crippen LogP contribution in [-0.2, 0) is 16.6 Å². The summed E-state index contributed by atoms with van der Waals surface area (Å²) in [5, 5.41) is 2.70. The maximum atomic E-state index is 11.6. The van der Waals surface area contributed by atoms with Gasteiger partial charge in [-0.1, -0.05) is 19.1 Å². The first-order valence-electron chi connectivity index (χ1n) is 7.24. The van der Waals surface area contributed by atoms with Gasteiger partial charge in [-0.15, -0.1) is 0 Å². The lowest BCUT2D eigenvalue weighted by molar-refractivity contribution is -0.119. The summed E-state index contributed by atoms with van der Waals surface area (Å²) in [6.45, 7) is 3.48. The van der Waals surface area contributed by atoms with Crippen molar-refractivity contribution in [1.29, 1.82) is 0 Å². The fourth-order valence-electron chi connectivity index (χ4n) is 4.01. The van der Waals surface area contributed by atoms with Crippen molar-refractivity contribution in [3.8, 4) is 0 Å². The van der Waals surface area contributed by atoms with E-state index in [0.717, 1.165) is 12.1 Å². The number of hydrogen-bond acceptors (Lipinski definition) is 3. The van der Waals surface area contributed by atoms with Gasteiger partial charge in [0.1, 0.15) is 0 Å². The summed E-state index contributed by atoms with van der Waals surface area (Å²) in [7, 11) is 6.06. The number of nitrogens with one attached hydrogen (secondary N) is 1. The molecule has 0 spiro atoms. The maximum Gasteiger partial charge on any atom is 0.224 e. The zero-order valence-electron chi connectivity index (χ0n) is 12.7. The molecule has 2 heterocycles. The molecular weight excluding hydrogens is 250 g/mol. The van der Waals surface area contributed by atoms with Crippen LogP contribution in [0.2, 0.25) is 0 Å². The molecule has 2 aliphatic rings. The molecule has 1 N–H and O–H groups in total. The number of amides is 1. The first kappa shape index (κ1) is 13.4. The number of likely N-dealkylation sites (N-methyl/N-ethyl adjacent to an activating group) is 3. The van der Waals surface area contributed by atoms with Gasteiger partial charge in [-0.25, -0.2) is 0 Å². The standard InChI is InChI=1S/C16H23N3O/c1-16-7-8-18(3)15(16)19(4)13-6-5-11(9-12(13)16)10-14(20)17-2/h5-6,9,15H,7-8,10H2,1-4H3,(H,17,20). The number of hydrogen-bond donors (Lipinski definition) is 1. The summed E-state index contributed by atoms with van der Waals surface area (Å²) >= 11 is 0. The Kier molecular flexibility index (Phi) is 3.01. The summed E-state index contributed by atoms with van der Waals surface area (Å²) in [5.74, 6) is 0.0709. The molecule has 20 heavy (non-hydrogen) atoms. The quantitative estimate of drug-likeness (QED) is 0.883. The van der Waals surface area contributed by atoms with Crippen molar-refractivity contribution < 1.29 is 4.79 Å². The predicted molar refractivity (Wildman–Crippen MR) is 81.0 cm³/mol. The van der Waals surface area contributed by atoms with Crippen molar-refractivity contribution in [1.82, 2.24) is 10.2 Å². The highest BCUT2D eigenvalue weighted by Gasteiger charge is 2.52. The molecule has 1 saturated heterocycles. The maximum absolute atomic E-state index is 11.6. The molecule has 4 nitrogen and oxygen atoms in total. The van der Waals surface area contributed by atoms with E-state index in [4.69, 9.17) is 0 Å². The largest absolute Gasteiger partial charge is 0.359 e. The van der Waals surface area contributed by atoms with Crippen molar-refractivity contribution in [2.45, 2.75) is 31.3 Å². The summed E-state index contributed by atoms with van der Waals surface area (Å²) in [6, 6.07) is 6.49. The molecule has 0 aliphatic carbocycles. The molecule has 0 radical (unpaired) electrons. The van der Waals surface area contributed by atoms with Crippen molar-refractivity contribution in [3.05, 3.63) is 29.3 Å². The topological polar surface area (TPSA) is 35.6 Å². The van der Waals surface area contributed by atoms with Crippen LogP contribution in [-0.4, -0.2) is 44.7 Å². The van der Waals surface area contributed by atoms with Crippen LogP contribution in [0.1, 0.15) is 24.5 Å². The van der Waals surface area contributed by atoms with Gasteiger partial charge >= 0.3 is 0 Å². The Hall–Kier alpha value is -1.55. The molecule has 1 aromatic rings. The first-order chi connectivity index (χ1) is 9.47. The van der Waals surface area contributed by atoms with Gasteiger partial charge in [0, 0.05) is 31.7 Å². The van der Waals surface area contributed by atoms with Crippen LogP contribution in [0.15, 0.2) is 18.2 Å². The summed E-state index contributed by atoms with van der Waals surface area (Å²) in [4.78, 5) is 16.4. The van der Waals surface area contributed by atoms with Gasteiger partial charge in [-0.2, -0.15) is 0 Å². The molecule has 1 aromatic carbocycles. The lowest BCUT2D eigenvalue weighted by Gasteiger charge is -2.32. The Balaban J connectivity index is 2.00. The second kappa shape index (κ2) is 4.48. The first-order valence-corrected chi connectivity index (χ1v) is 7.24. The molecule has 0 bridgehead atoms. The van der Waals surface area contributed by atoms with Gasteiger partial charge in [0.05, 0.1) is 12.6 Å². The highest BCUT2D eigenvalue weighted by Crippen LogP contribution is 2.50. The number of rotatable bonds is 2. The van der Waals surface area contributed by atoms with Gasteiger partial charge in [-0.05, 0) is 30.7 Å². The molecule has 2 atom stereocenters. The molecule has 4 heteroatoms. The molecular formula is C16H23N3O. The van der Waals surface area contributed by atoms with Crippen LogP contribution in [0.4, 0.5) is 5.69 Å². The minimum Gasteiger partial charge on any atom is -0.359 e. The number of carbonyl (C=O) groups excluding carboxylic acids is 1. The lowest BCUT2D eigenvalue weighted by atomic mass is 9.80. The minimum atomic E-state index is 0.0709. The third-order valence-electron chi connectivity index (χ3n) is 5.04. The molecule has 0 saturated carbocycles. The minimum absolute atomic E-state index is 0.0709. The second-order valence-electron chi connectivity index (χ2n) is 6.33. The average Bonchev–Trinajstić information content (AvgIpc) is 2.85. The molecule has 1 fully saturated rings. The van der Waals surface area contributed by atoms with Crippen LogP contribution < -0.4 is 10.2 Å². The fourth-order valence-corrected chi connectivity index (χ4v) is 4.01.